The molecule has 0 unspecified atom stereocenters. The van der Waals surface area contributed by atoms with E-state index in [1.165, 1.54) is 0 Å². The van der Waals surface area contributed by atoms with Crippen molar-refractivity contribution in [2.45, 2.75) is 40.4 Å². The molecule has 0 saturated carbocycles. The van der Waals surface area contributed by atoms with Gasteiger partial charge < -0.3 is 20.1 Å². The van der Waals surface area contributed by atoms with Gasteiger partial charge in [0.15, 0.2) is 0 Å². The number of anilines is 2. The van der Waals surface area contributed by atoms with Gasteiger partial charge in [0.05, 0.1) is 11.4 Å². The number of rotatable bonds is 16. The van der Waals surface area contributed by atoms with Crippen molar-refractivity contribution < 1.29 is 9.47 Å². The lowest BCUT2D eigenvalue weighted by Crippen LogP contribution is -2.08. The van der Waals surface area contributed by atoms with E-state index in [-0.39, 0.29) is 6.73 Å². The zero-order chi connectivity index (χ0) is 41.5. The highest BCUT2D eigenvalue weighted by atomic mass is 35.5. The standard InChI is InChI=1S/2C22H21ClN6O/c1-2-30-15-29-21(17-8-10-18(23)11-9-17)20(27-28-29)19-12-13-24-22(26-19)25-14-16-6-4-3-5-7-16;1-2-30-15-29-21(20(27-28-29)17-8-10-18(23)11-9-17)19-12-13-24-22(26-19)25-14-16-6-4-3-5-7-16/h2*3-13H,2,14-15H2,1H3,(H,24,25,26). The van der Waals surface area contributed by atoms with Crippen molar-refractivity contribution in [1.29, 1.82) is 0 Å². The molecular formula is C44H42Cl2N12O2. The Labute approximate surface area is 357 Å². The Bertz CT molecular complexity index is 2550. The molecule has 4 aromatic heterocycles. The second-order valence-corrected chi connectivity index (χ2v) is 13.9. The fourth-order valence-corrected chi connectivity index (χ4v) is 6.24. The average molecular weight is 842 g/mol. The third-order valence-electron chi connectivity index (χ3n) is 8.92. The second-order valence-electron chi connectivity index (χ2n) is 13.0. The van der Waals surface area contributed by atoms with Gasteiger partial charge in [-0.05, 0) is 61.4 Å². The molecule has 0 fully saturated rings. The van der Waals surface area contributed by atoms with Crippen LogP contribution in [0.25, 0.3) is 45.3 Å². The molecule has 0 aliphatic heterocycles. The Kier molecular flexibility index (Phi) is 14.5. The van der Waals surface area contributed by atoms with E-state index < -0.39 is 0 Å². The van der Waals surface area contributed by atoms with Crippen LogP contribution in [0.2, 0.25) is 10.0 Å². The normalized spacial score (nSPS) is 10.9. The molecule has 14 nitrogen and oxygen atoms in total. The van der Waals surface area contributed by atoms with Gasteiger partial charge in [0, 0.05) is 59.9 Å². The fourth-order valence-electron chi connectivity index (χ4n) is 5.99. The lowest BCUT2D eigenvalue weighted by molar-refractivity contribution is 0.0789. The van der Waals surface area contributed by atoms with Gasteiger partial charge in [-0.15, -0.1) is 10.2 Å². The first-order valence-corrected chi connectivity index (χ1v) is 20.0. The van der Waals surface area contributed by atoms with Crippen LogP contribution in [0.15, 0.2) is 134 Å². The molecule has 0 spiro atoms. The Balaban J connectivity index is 0.000000181. The lowest BCUT2D eigenvalue weighted by atomic mass is 10.1. The molecule has 0 atom stereocenters. The largest absolute Gasteiger partial charge is 0.359 e. The van der Waals surface area contributed by atoms with Crippen molar-refractivity contribution in [3.05, 3.63) is 155 Å². The molecule has 4 heterocycles. The predicted molar refractivity (Wildman–Crippen MR) is 234 cm³/mol. The van der Waals surface area contributed by atoms with Gasteiger partial charge >= 0.3 is 0 Å². The third kappa shape index (κ3) is 10.9. The molecule has 304 valence electrons. The number of hydrogen-bond acceptors (Lipinski definition) is 12. The number of benzene rings is 4. The van der Waals surface area contributed by atoms with Gasteiger partial charge in [-0.2, -0.15) is 0 Å². The van der Waals surface area contributed by atoms with Gasteiger partial charge in [-0.25, -0.2) is 29.3 Å². The van der Waals surface area contributed by atoms with E-state index in [1.54, 1.807) is 21.8 Å². The minimum Gasteiger partial charge on any atom is -0.359 e. The van der Waals surface area contributed by atoms with Crippen molar-refractivity contribution in [3.8, 4) is 45.3 Å². The number of ether oxygens (including phenoxy) is 2. The van der Waals surface area contributed by atoms with Crippen LogP contribution in [0.5, 0.6) is 0 Å². The van der Waals surface area contributed by atoms with Crippen LogP contribution in [-0.2, 0) is 36.0 Å². The van der Waals surface area contributed by atoms with Crippen molar-refractivity contribution >= 4 is 35.1 Å². The summed E-state index contributed by atoms with van der Waals surface area (Å²) in [4.78, 5) is 18.0. The molecule has 8 aromatic rings. The Morgan fingerprint density at radius 1 is 0.517 bits per heavy atom. The summed E-state index contributed by atoms with van der Waals surface area (Å²) < 4.78 is 14.5. The van der Waals surface area contributed by atoms with Crippen LogP contribution < -0.4 is 10.6 Å². The second kappa shape index (κ2) is 20.9. The summed E-state index contributed by atoms with van der Waals surface area (Å²) in [6.07, 6.45) is 3.43. The SMILES string of the molecule is CCOCn1nnc(-c2ccc(Cl)cc2)c1-c1ccnc(NCc2ccccc2)n1.CCOCn1nnc(-c2ccnc(NCc3ccccc3)n2)c1-c1ccc(Cl)cc1. The smallest absolute Gasteiger partial charge is 0.223 e. The maximum Gasteiger partial charge on any atom is 0.223 e. The first-order chi connectivity index (χ1) is 29.5. The van der Waals surface area contributed by atoms with Crippen LogP contribution in [-0.4, -0.2) is 63.1 Å². The van der Waals surface area contributed by atoms with Crippen LogP contribution in [0, 0.1) is 0 Å². The maximum atomic E-state index is 6.07. The van der Waals surface area contributed by atoms with Crippen molar-refractivity contribution in [1.82, 2.24) is 49.9 Å². The molecule has 0 aliphatic rings. The van der Waals surface area contributed by atoms with Crippen LogP contribution in [0.4, 0.5) is 11.9 Å². The maximum absolute atomic E-state index is 6.07. The molecule has 16 heteroatoms. The molecule has 4 aromatic carbocycles. The Hall–Kier alpha value is -6.58. The van der Waals surface area contributed by atoms with Gasteiger partial charge in [0.2, 0.25) is 11.9 Å². The summed E-state index contributed by atoms with van der Waals surface area (Å²) in [6, 6.07) is 38.9. The first kappa shape index (κ1) is 41.6. The van der Waals surface area contributed by atoms with Gasteiger partial charge in [0.1, 0.15) is 36.2 Å². The number of nitrogens with zero attached hydrogens (tertiary/aromatic N) is 10. The summed E-state index contributed by atoms with van der Waals surface area (Å²) in [6.45, 7) is 6.87. The van der Waals surface area contributed by atoms with E-state index in [1.807, 2.05) is 111 Å². The Morgan fingerprint density at radius 3 is 1.52 bits per heavy atom. The van der Waals surface area contributed by atoms with E-state index in [2.05, 4.69) is 70.5 Å². The van der Waals surface area contributed by atoms with E-state index in [9.17, 15) is 0 Å². The lowest BCUT2D eigenvalue weighted by Gasteiger charge is -2.10. The highest BCUT2D eigenvalue weighted by Gasteiger charge is 2.20. The van der Waals surface area contributed by atoms with Gasteiger partial charge in [0.25, 0.3) is 0 Å². The zero-order valence-corrected chi connectivity index (χ0v) is 34.5. The number of hydrogen-bond donors (Lipinski definition) is 2. The minimum absolute atomic E-state index is 0.281. The number of aromatic nitrogens is 10. The molecule has 0 saturated heterocycles. The van der Waals surface area contributed by atoms with E-state index in [0.29, 0.717) is 77.8 Å². The summed E-state index contributed by atoms with van der Waals surface area (Å²) >= 11 is 12.1. The third-order valence-corrected chi connectivity index (χ3v) is 9.43. The number of halogens is 2. The fraction of sp³-hybridized carbons (Fsp3) is 0.182. The highest BCUT2D eigenvalue weighted by molar-refractivity contribution is 6.31. The van der Waals surface area contributed by atoms with Gasteiger partial charge in [-0.1, -0.05) is 119 Å². The van der Waals surface area contributed by atoms with Crippen molar-refractivity contribution in [2.75, 3.05) is 23.8 Å². The monoisotopic (exact) mass is 840 g/mol. The summed E-state index contributed by atoms with van der Waals surface area (Å²) in [7, 11) is 0. The first-order valence-electron chi connectivity index (χ1n) is 19.3. The summed E-state index contributed by atoms with van der Waals surface area (Å²) in [5.41, 5.74) is 8.44. The highest BCUT2D eigenvalue weighted by Crippen LogP contribution is 2.32. The van der Waals surface area contributed by atoms with E-state index in [0.717, 1.165) is 33.6 Å². The molecule has 60 heavy (non-hydrogen) atoms. The van der Waals surface area contributed by atoms with Crippen molar-refractivity contribution in [2.24, 2.45) is 0 Å². The Morgan fingerprint density at radius 2 is 0.983 bits per heavy atom. The van der Waals surface area contributed by atoms with Gasteiger partial charge in [-0.3, -0.25) is 0 Å². The molecule has 8 rings (SSSR count). The van der Waals surface area contributed by atoms with Crippen LogP contribution >= 0.6 is 23.2 Å². The molecule has 2 N–H and O–H groups in total. The average Bonchev–Trinajstić information content (AvgIpc) is 3.93. The molecular weight excluding hydrogens is 799 g/mol. The molecule has 0 bridgehead atoms. The predicted octanol–water partition coefficient (Wildman–Crippen LogP) is 9.32. The molecule has 0 amide bonds. The minimum atomic E-state index is 0.281. The molecule has 0 aliphatic carbocycles. The quantitative estimate of drug-likeness (QED) is 0.0953. The van der Waals surface area contributed by atoms with E-state index >= 15 is 0 Å². The summed E-state index contributed by atoms with van der Waals surface area (Å²) in [5, 5.41) is 25.2. The zero-order valence-electron chi connectivity index (χ0n) is 33.0. The van der Waals surface area contributed by atoms with Crippen LogP contribution in [0.3, 0.4) is 0 Å². The van der Waals surface area contributed by atoms with Crippen LogP contribution in [0.1, 0.15) is 25.0 Å². The topological polar surface area (TPSA) is 156 Å². The molecule has 0 radical (unpaired) electrons. The van der Waals surface area contributed by atoms with E-state index in [4.69, 9.17) is 37.7 Å². The number of nitrogens with one attached hydrogen (secondary N) is 2. The van der Waals surface area contributed by atoms with Crippen molar-refractivity contribution in [3.63, 3.8) is 0 Å². The summed E-state index contributed by atoms with van der Waals surface area (Å²) in [5.74, 6) is 1.06.